The molecule has 0 aliphatic carbocycles. The van der Waals surface area contributed by atoms with Gasteiger partial charge in [-0.3, -0.25) is 14.6 Å². The fourth-order valence-electron chi connectivity index (χ4n) is 4.70. The largest absolute Gasteiger partial charge is 0.468 e. The highest BCUT2D eigenvalue weighted by Crippen LogP contribution is 2.27. The van der Waals surface area contributed by atoms with Crippen molar-refractivity contribution >= 4 is 23.7 Å². The number of hydrogen-bond acceptors (Lipinski definition) is 6. The number of likely N-dealkylation sites (tertiary alicyclic amines) is 1. The summed E-state index contributed by atoms with van der Waals surface area (Å²) >= 11 is 6.07. The van der Waals surface area contributed by atoms with Gasteiger partial charge in [-0.15, -0.1) is 0 Å². The third-order valence-electron chi connectivity index (χ3n) is 6.47. The molecule has 0 saturated carbocycles. The third-order valence-corrected chi connectivity index (χ3v) is 6.73. The van der Waals surface area contributed by atoms with Gasteiger partial charge in [0.1, 0.15) is 6.61 Å². The van der Waals surface area contributed by atoms with Crippen LogP contribution in [0.4, 0.5) is 4.79 Å². The Morgan fingerprint density at radius 3 is 2.50 bits per heavy atom. The molecule has 2 fully saturated rings. The number of nitrogens with zero attached hydrogens (tertiary/aromatic N) is 3. The van der Waals surface area contributed by atoms with Gasteiger partial charge in [0.05, 0.1) is 13.7 Å². The number of benzene rings is 1. The first-order valence-electron chi connectivity index (χ1n) is 11.2. The lowest BCUT2D eigenvalue weighted by atomic mass is 9.94. The maximum atomic E-state index is 12.2. The van der Waals surface area contributed by atoms with Crippen molar-refractivity contribution in [2.24, 2.45) is 0 Å². The maximum Gasteiger partial charge on any atom is 0.410 e. The summed E-state index contributed by atoms with van der Waals surface area (Å²) in [5, 5.41) is 0.728. The number of rotatable bonds is 7. The summed E-state index contributed by atoms with van der Waals surface area (Å²) in [4.78, 5) is 30.7. The second-order valence-electron chi connectivity index (χ2n) is 8.62. The van der Waals surface area contributed by atoms with Gasteiger partial charge in [0, 0.05) is 49.3 Å². The first-order valence-corrected chi connectivity index (χ1v) is 11.6. The van der Waals surface area contributed by atoms with Crippen LogP contribution in [0.15, 0.2) is 36.9 Å². The van der Waals surface area contributed by atoms with Crippen molar-refractivity contribution in [3.05, 3.63) is 47.5 Å². The smallest absolute Gasteiger partial charge is 0.410 e. The Bertz CT molecular complexity index is 780. The molecule has 0 N–H and O–H groups in total. The van der Waals surface area contributed by atoms with Crippen LogP contribution < -0.4 is 0 Å². The Hall–Kier alpha value is -2.09. The quantitative estimate of drug-likeness (QED) is 0.457. The van der Waals surface area contributed by atoms with Crippen LogP contribution in [0.3, 0.4) is 0 Å². The minimum atomic E-state index is -0.266. The number of amides is 1. The average molecular weight is 464 g/mol. The van der Waals surface area contributed by atoms with E-state index >= 15 is 0 Å². The van der Waals surface area contributed by atoms with Crippen molar-refractivity contribution in [1.29, 1.82) is 0 Å². The molecule has 0 spiro atoms. The van der Waals surface area contributed by atoms with Crippen LogP contribution in [-0.4, -0.2) is 91.3 Å². The van der Waals surface area contributed by atoms with Crippen LogP contribution in [0.1, 0.15) is 25.3 Å². The molecule has 0 aromatic heterocycles. The van der Waals surface area contributed by atoms with E-state index in [0.29, 0.717) is 25.7 Å². The standard InChI is InChI=1S/C24H34ClN3O4/c1-4-13-32-24(30)26-11-9-21(10-12-26)28-15-18(2)27(17-23(29)31-3)16-22(28)14-19-5-7-20(25)8-6-19/h4-8,18,21-22H,1,9-17H2,2-3H3/t18-,22?/m0/s1. The van der Waals surface area contributed by atoms with Gasteiger partial charge in [0.25, 0.3) is 0 Å². The van der Waals surface area contributed by atoms with Crippen LogP contribution in [0.25, 0.3) is 0 Å². The van der Waals surface area contributed by atoms with Crippen molar-refractivity contribution in [3.63, 3.8) is 0 Å². The number of carbonyl (C=O) groups excluding carboxylic acids is 2. The molecular formula is C24H34ClN3O4. The molecule has 0 radical (unpaired) electrons. The van der Waals surface area contributed by atoms with E-state index in [1.165, 1.54) is 12.7 Å². The number of esters is 1. The first-order chi connectivity index (χ1) is 15.4. The normalized spacial score (nSPS) is 23.0. The Morgan fingerprint density at radius 2 is 1.88 bits per heavy atom. The van der Waals surface area contributed by atoms with Gasteiger partial charge in [0.2, 0.25) is 0 Å². The second kappa shape index (κ2) is 11.7. The molecule has 2 atom stereocenters. The van der Waals surface area contributed by atoms with E-state index in [1.807, 2.05) is 12.1 Å². The lowest BCUT2D eigenvalue weighted by Gasteiger charge is -2.50. The highest BCUT2D eigenvalue weighted by atomic mass is 35.5. The number of piperidine rings is 1. The number of methoxy groups -OCH3 is 1. The van der Waals surface area contributed by atoms with Gasteiger partial charge in [-0.1, -0.05) is 36.4 Å². The fourth-order valence-corrected chi connectivity index (χ4v) is 4.83. The second-order valence-corrected chi connectivity index (χ2v) is 9.06. The van der Waals surface area contributed by atoms with Crippen molar-refractivity contribution < 1.29 is 19.1 Å². The molecule has 2 aliphatic heterocycles. The third kappa shape index (κ3) is 6.47. The Labute approximate surface area is 195 Å². The molecule has 3 rings (SSSR count). The molecule has 2 saturated heterocycles. The van der Waals surface area contributed by atoms with Gasteiger partial charge in [0.15, 0.2) is 0 Å². The number of halogens is 1. The van der Waals surface area contributed by atoms with Gasteiger partial charge in [-0.25, -0.2) is 4.79 Å². The molecule has 2 heterocycles. The molecule has 0 bridgehead atoms. The minimum Gasteiger partial charge on any atom is -0.468 e. The topological polar surface area (TPSA) is 62.3 Å². The van der Waals surface area contributed by atoms with Crippen molar-refractivity contribution in [2.75, 3.05) is 46.4 Å². The number of piperazine rings is 1. The van der Waals surface area contributed by atoms with Gasteiger partial charge in [-0.2, -0.15) is 0 Å². The summed E-state index contributed by atoms with van der Waals surface area (Å²) in [6.45, 7) is 9.33. The lowest BCUT2D eigenvalue weighted by Crippen LogP contribution is -2.62. The van der Waals surface area contributed by atoms with E-state index in [0.717, 1.165) is 37.4 Å². The van der Waals surface area contributed by atoms with Crippen LogP contribution >= 0.6 is 11.6 Å². The van der Waals surface area contributed by atoms with Crippen molar-refractivity contribution in [2.45, 2.75) is 44.3 Å². The lowest BCUT2D eigenvalue weighted by molar-refractivity contribution is -0.144. The van der Waals surface area contributed by atoms with Crippen LogP contribution in [-0.2, 0) is 20.7 Å². The van der Waals surface area contributed by atoms with Gasteiger partial charge >= 0.3 is 12.1 Å². The predicted octanol–water partition coefficient (Wildman–Crippen LogP) is 3.22. The molecule has 1 amide bonds. The van der Waals surface area contributed by atoms with E-state index in [2.05, 4.69) is 35.4 Å². The predicted molar refractivity (Wildman–Crippen MR) is 125 cm³/mol. The minimum absolute atomic E-state index is 0.207. The molecule has 7 nitrogen and oxygen atoms in total. The molecular weight excluding hydrogens is 430 g/mol. The van der Waals surface area contributed by atoms with Crippen LogP contribution in [0.2, 0.25) is 5.02 Å². The molecule has 176 valence electrons. The van der Waals surface area contributed by atoms with E-state index in [-0.39, 0.29) is 30.8 Å². The molecule has 32 heavy (non-hydrogen) atoms. The Morgan fingerprint density at radius 1 is 1.19 bits per heavy atom. The zero-order chi connectivity index (χ0) is 23.1. The molecule has 1 unspecified atom stereocenters. The van der Waals surface area contributed by atoms with Gasteiger partial charge in [-0.05, 0) is 43.9 Å². The Balaban J connectivity index is 1.69. The number of carbonyl (C=O) groups is 2. The highest BCUT2D eigenvalue weighted by molar-refractivity contribution is 6.30. The van der Waals surface area contributed by atoms with E-state index in [1.54, 1.807) is 11.0 Å². The summed E-state index contributed by atoms with van der Waals surface area (Å²) in [5.41, 5.74) is 1.22. The fraction of sp³-hybridized carbons (Fsp3) is 0.583. The summed E-state index contributed by atoms with van der Waals surface area (Å²) in [6.07, 6.45) is 4.01. The summed E-state index contributed by atoms with van der Waals surface area (Å²) in [6, 6.07) is 8.88. The molecule has 1 aromatic carbocycles. The molecule has 1 aromatic rings. The molecule has 8 heteroatoms. The summed E-state index contributed by atoms with van der Waals surface area (Å²) in [5.74, 6) is -0.207. The SMILES string of the molecule is C=CCOC(=O)N1CCC(N2C[C@H](C)N(CC(=O)OC)CC2Cc2ccc(Cl)cc2)CC1. The monoisotopic (exact) mass is 463 g/mol. The summed E-state index contributed by atoms with van der Waals surface area (Å²) in [7, 11) is 1.43. The van der Waals surface area contributed by atoms with Crippen molar-refractivity contribution in [3.8, 4) is 0 Å². The Kier molecular flexibility index (Phi) is 8.96. The zero-order valence-electron chi connectivity index (χ0n) is 19.0. The van der Waals surface area contributed by atoms with Crippen molar-refractivity contribution in [1.82, 2.24) is 14.7 Å². The maximum absolute atomic E-state index is 12.2. The first kappa shape index (κ1) is 24.6. The number of hydrogen-bond donors (Lipinski definition) is 0. The highest BCUT2D eigenvalue weighted by Gasteiger charge is 2.38. The average Bonchev–Trinajstić information content (AvgIpc) is 2.80. The van der Waals surface area contributed by atoms with Crippen LogP contribution in [0, 0.1) is 0 Å². The van der Waals surface area contributed by atoms with E-state index < -0.39 is 0 Å². The van der Waals surface area contributed by atoms with E-state index in [9.17, 15) is 9.59 Å². The van der Waals surface area contributed by atoms with E-state index in [4.69, 9.17) is 21.1 Å². The van der Waals surface area contributed by atoms with Crippen LogP contribution in [0.5, 0.6) is 0 Å². The van der Waals surface area contributed by atoms with Gasteiger partial charge < -0.3 is 14.4 Å². The zero-order valence-corrected chi connectivity index (χ0v) is 19.8. The molecule has 2 aliphatic rings. The number of ether oxygens (including phenoxy) is 2. The summed E-state index contributed by atoms with van der Waals surface area (Å²) < 4.78 is 10.1.